The summed E-state index contributed by atoms with van der Waals surface area (Å²) < 4.78 is 1.61. The molecule has 1 N–H and O–H groups in total. The number of nitrogens with one attached hydrogen (secondary N) is 1. The van der Waals surface area contributed by atoms with Gasteiger partial charge in [0.25, 0.3) is 11.1 Å². The van der Waals surface area contributed by atoms with Gasteiger partial charge in [0, 0.05) is 27.8 Å². The van der Waals surface area contributed by atoms with E-state index in [9.17, 15) is 9.59 Å². The fourth-order valence-corrected chi connectivity index (χ4v) is 6.03. The summed E-state index contributed by atoms with van der Waals surface area (Å²) >= 11 is 4.42. The molecule has 0 radical (unpaired) electrons. The molecule has 0 unspecified atom stereocenters. The van der Waals surface area contributed by atoms with Crippen LogP contribution in [0.1, 0.15) is 42.1 Å². The maximum atomic E-state index is 12.8. The summed E-state index contributed by atoms with van der Waals surface area (Å²) in [6, 6.07) is 1.55. The number of thiophene rings is 1. The lowest BCUT2D eigenvalue weighted by atomic mass is 9.98. The first kappa shape index (κ1) is 20.3. The topological polar surface area (TPSA) is 80.1 Å². The van der Waals surface area contributed by atoms with E-state index in [4.69, 9.17) is 0 Å². The molecule has 1 atom stereocenters. The molecule has 4 rings (SSSR count). The predicted molar refractivity (Wildman–Crippen MR) is 122 cm³/mol. The molecule has 0 bridgehead atoms. The van der Waals surface area contributed by atoms with Crippen LogP contribution in [0.25, 0.3) is 15.2 Å². The molecular formula is C20H22N4O2S3. The van der Waals surface area contributed by atoms with Crippen molar-refractivity contribution < 1.29 is 0 Å². The van der Waals surface area contributed by atoms with Crippen molar-refractivity contribution in [2.45, 2.75) is 51.4 Å². The van der Waals surface area contributed by atoms with Gasteiger partial charge in [-0.2, -0.15) is 0 Å². The summed E-state index contributed by atoms with van der Waals surface area (Å²) in [7, 11) is 0. The highest BCUT2D eigenvalue weighted by Gasteiger charge is 2.17. The highest BCUT2D eigenvalue weighted by molar-refractivity contribution is 7.98. The van der Waals surface area contributed by atoms with E-state index in [0.717, 1.165) is 39.2 Å². The van der Waals surface area contributed by atoms with Crippen LogP contribution >= 0.6 is 34.4 Å². The standard InChI is InChI=1S/C20H22N4O2S3/c1-5-10(2)6-14-12(4)29-18-16(14)17(26)22-19(23-18)27-9-13-7-15(25)24-11(3)8-28-20(24)21-13/h7-8,10H,5-6,9H2,1-4H3,(H,22,23,26)/t10-/m1/s1. The summed E-state index contributed by atoms with van der Waals surface area (Å²) in [6.45, 7) is 8.33. The molecule has 0 fully saturated rings. The van der Waals surface area contributed by atoms with Crippen molar-refractivity contribution in [1.82, 2.24) is 19.4 Å². The molecule has 152 valence electrons. The molecule has 6 nitrogen and oxygen atoms in total. The number of rotatable bonds is 6. The van der Waals surface area contributed by atoms with Crippen LogP contribution in [-0.2, 0) is 12.2 Å². The van der Waals surface area contributed by atoms with Crippen molar-refractivity contribution in [3.05, 3.63) is 54.0 Å². The van der Waals surface area contributed by atoms with E-state index in [1.165, 1.54) is 23.1 Å². The van der Waals surface area contributed by atoms with Crippen LogP contribution in [-0.4, -0.2) is 19.4 Å². The van der Waals surface area contributed by atoms with E-state index in [1.54, 1.807) is 21.8 Å². The highest BCUT2D eigenvalue weighted by atomic mass is 32.2. The SMILES string of the molecule is CC[C@@H](C)Cc1c(C)sc2nc(SCc3cc(=O)n4c(C)csc4n3)[nH]c(=O)c12. The minimum absolute atomic E-state index is 0.0789. The fraction of sp³-hybridized carbons (Fsp3) is 0.400. The zero-order valence-corrected chi connectivity index (χ0v) is 19.2. The number of hydrogen-bond donors (Lipinski definition) is 1. The maximum absolute atomic E-state index is 12.8. The minimum Gasteiger partial charge on any atom is -0.301 e. The van der Waals surface area contributed by atoms with E-state index in [2.05, 4.69) is 35.7 Å². The van der Waals surface area contributed by atoms with Gasteiger partial charge in [0.05, 0.1) is 11.1 Å². The third kappa shape index (κ3) is 3.91. The van der Waals surface area contributed by atoms with E-state index in [-0.39, 0.29) is 11.1 Å². The van der Waals surface area contributed by atoms with Gasteiger partial charge >= 0.3 is 0 Å². The molecule has 0 aliphatic rings. The molecule has 0 amide bonds. The number of H-pyrrole nitrogens is 1. The molecule has 9 heteroatoms. The van der Waals surface area contributed by atoms with Crippen LogP contribution in [0.5, 0.6) is 0 Å². The largest absolute Gasteiger partial charge is 0.301 e. The molecule has 4 heterocycles. The van der Waals surface area contributed by atoms with Gasteiger partial charge in [0.2, 0.25) is 0 Å². The summed E-state index contributed by atoms with van der Waals surface area (Å²) in [5.41, 5.74) is 2.53. The zero-order chi connectivity index (χ0) is 20.7. The first-order valence-corrected chi connectivity index (χ1v) is 12.2. The molecule has 0 aliphatic heterocycles. The Morgan fingerprint density at radius 2 is 2.07 bits per heavy atom. The Morgan fingerprint density at radius 1 is 1.28 bits per heavy atom. The lowest BCUT2D eigenvalue weighted by Gasteiger charge is -2.08. The van der Waals surface area contributed by atoms with E-state index >= 15 is 0 Å². The van der Waals surface area contributed by atoms with Crippen molar-refractivity contribution in [3.63, 3.8) is 0 Å². The molecule has 0 aromatic carbocycles. The van der Waals surface area contributed by atoms with Crippen molar-refractivity contribution >= 4 is 49.6 Å². The van der Waals surface area contributed by atoms with Gasteiger partial charge in [-0.25, -0.2) is 9.97 Å². The average molecular weight is 447 g/mol. The van der Waals surface area contributed by atoms with Crippen molar-refractivity contribution in [3.8, 4) is 0 Å². The zero-order valence-electron chi connectivity index (χ0n) is 16.7. The minimum atomic E-state index is -0.0856. The van der Waals surface area contributed by atoms with Crippen LogP contribution in [0.3, 0.4) is 0 Å². The Bertz CT molecular complexity index is 1320. The van der Waals surface area contributed by atoms with Gasteiger partial charge in [-0.15, -0.1) is 22.7 Å². The van der Waals surface area contributed by atoms with Gasteiger partial charge in [-0.3, -0.25) is 14.0 Å². The van der Waals surface area contributed by atoms with Gasteiger partial charge < -0.3 is 4.98 Å². The second-order valence-corrected chi connectivity index (χ2v) is 10.3. The number of aromatic nitrogens is 4. The van der Waals surface area contributed by atoms with Crippen molar-refractivity contribution in [1.29, 1.82) is 0 Å². The molecule has 4 aromatic heterocycles. The number of thiazole rings is 1. The van der Waals surface area contributed by atoms with Crippen molar-refractivity contribution in [2.75, 3.05) is 0 Å². The first-order valence-electron chi connectivity index (χ1n) is 9.49. The summed E-state index contributed by atoms with van der Waals surface area (Å²) in [5, 5.41) is 3.20. The van der Waals surface area contributed by atoms with Gasteiger partial charge in [-0.05, 0) is 31.7 Å². The molecule has 0 aliphatic carbocycles. The number of nitrogens with zero attached hydrogens (tertiary/aromatic N) is 3. The Morgan fingerprint density at radius 3 is 2.83 bits per heavy atom. The Kier molecular flexibility index (Phi) is 5.63. The lowest BCUT2D eigenvalue weighted by Crippen LogP contribution is -2.15. The summed E-state index contributed by atoms with van der Waals surface area (Å²) in [5.74, 6) is 1.00. The number of hydrogen-bond acceptors (Lipinski definition) is 7. The number of aryl methyl sites for hydroxylation is 2. The van der Waals surface area contributed by atoms with Crippen LogP contribution in [0.2, 0.25) is 0 Å². The Hall–Kier alpha value is -1.97. The molecule has 0 spiro atoms. The molecular weight excluding hydrogens is 424 g/mol. The monoisotopic (exact) mass is 446 g/mol. The molecule has 4 aromatic rings. The maximum Gasteiger partial charge on any atom is 0.260 e. The van der Waals surface area contributed by atoms with Crippen LogP contribution in [0, 0.1) is 19.8 Å². The quantitative estimate of drug-likeness (QED) is 0.347. The predicted octanol–water partition coefficient (Wildman–Crippen LogP) is 4.55. The lowest BCUT2D eigenvalue weighted by molar-refractivity contribution is 0.561. The highest BCUT2D eigenvalue weighted by Crippen LogP contribution is 2.31. The van der Waals surface area contributed by atoms with E-state index in [0.29, 0.717) is 27.5 Å². The molecule has 0 saturated heterocycles. The molecule has 29 heavy (non-hydrogen) atoms. The smallest absolute Gasteiger partial charge is 0.260 e. The van der Waals surface area contributed by atoms with E-state index < -0.39 is 0 Å². The normalized spacial score (nSPS) is 12.8. The second-order valence-electron chi connectivity index (χ2n) is 7.28. The van der Waals surface area contributed by atoms with Crippen LogP contribution < -0.4 is 11.1 Å². The second kappa shape index (κ2) is 8.04. The van der Waals surface area contributed by atoms with Crippen LogP contribution in [0.15, 0.2) is 26.2 Å². The van der Waals surface area contributed by atoms with Gasteiger partial charge in [-0.1, -0.05) is 32.0 Å². The number of aromatic amines is 1. The fourth-order valence-electron chi connectivity index (χ4n) is 3.28. The van der Waals surface area contributed by atoms with Gasteiger partial charge in [0.1, 0.15) is 4.83 Å². The number of thioether (sulfide) groups is 1. The van der Waals surface area contributed by atoms with E-state index in [1.807, 2.05) is 12.3 Å². The Balaban J connectivity index is 1.62. The average Bonchev–Trinajstić information content (AvgIpc) is 3.20. The first-order chi connectivity index (χ1) is 13.9. The van der Waals surface area contributed by atoms with Gasteiger partial charge in [0.15, 0.2) is 10.1 Å². The molecule has 0 saturated carbocycles. The van der Waals surface area contributed by atoms with Crippen molar-refractivity contribution in [2.24, 2.45) is 5.92 Å². The van der Waals surface area contributed by atoms with Crippen LogP contribution in [0.4, 0.5) is 0 Å². The number of fused-ring (bicyclic) bond motifs is 2. The third-order valence-electron chi connectivity index (χ3n) is 5.08. The summed E-state index contributed by atoms with van der Waals surface area (Å²) in [4.78, 5) is 39.9. The Labute approximate surface area is 180 Å². The third-order valence-corrected chi connectivity index (χ3v) is 7.97. The summed E-state index contributed by atoms with van der Waals surface area (Å²) in [6.07, 6.45) is 1.98.